The number of ether oxygens (including phenoxy) is 2. The van der Waals surface area contributed by atoms with Crippen molar-refractivity contribution in [2.45, 2.75) is 18.9 Å². The van der Waals surface area contributed by atoms with Crippen molar-refractivity contribution in [3.05, 3.63) is 72.0 Å². The lowest BCUT2D eigenvalue weighted by Crippen LogP contribution is -2.52. The van der Waals surface area contributed by atoms with Gasteiger partial charge in [0.2, 0.25) is 5.91 Å². The molecule has 1 unspecified atom stereocenters. The third kappa shape index (κ3) is 6.51. The Morgan fingerprint density at radius 3 is 2.49 bits per heavy atom. The van der Waals surface area contributed by atoms with Gasteiger partial charge < -0.3 is 24.2 Å². The molecule has 1 aromatic heterocycles. The lowest BCUT2D eigenvalue weighted by atomic mass is 10.1. The maximum atomic E-state index is 13.8. The highest BCUT2D eigenvalue weighted by Gasteiger charge is 2.29. The highest BCUT2D eigenvalue weighted by molar-refractivity contribution is 5.96. The van der Waals surface area contributed by atoms with Crippen LogP contribution in [0.4, 0.5) is 10.2 Å². The molecule has 1 atom stereocenters. The molecule has 5 rings (SSSR count). The fourth-order valence-corrected chi connectivity index (χ4v) is 4.92. The summed E-state index contributed by atoms with van der Waals surface area (Å²) in [6.45, 7) is 3.08. The minimum atomic E-state index is -0.486. The van der Waals surface area contributed by atoms with Crippen molar-refractivity contribution in [2.24, 2.45) is 0 Å². The first-order valence-corrected chi connectivity index (χ1v) is 13.2. The first kappa shape index (κ1) is 26.6. The van der Waals surface area contributed by atoms with Crippen molar-refractivity contribution in [2.75, 3.05) is 57.9 Å². The van der Waals surface area contributed by atoms with E-state index in [0.29, 0.717) is 39.3 Å². The van der Waals surface area contributed by atoms with Crippen molar-refractivity contribution in [1.29, 1.82) is 0 Å². The number of amides is 2. The standard InChI is InChI=1S/C29H32FN5O4/c1-38-24-9-7-21(8-10-24)26-11-12-27(32-31-26)33-13-15-34(16-14-33)28(36)20-35(19-25-6-3-17-39-25)29(37)22-4-2-5-23(30)18-22/h2,4-5,7-12,18,25H,3,6,13-17,19-20H2,1H3. The Bertz CT molecular complexity index is 1270. The summed E-state index contributed by atoms with van der Waals surface area (Å²) >= 11 is 0. The van der Waals surface area contributed by atoms with Gasteiger partial charge >= 0.3 is 0 Å². The second kappa shape index (κ2) is 12.2. The molecule has 2 aliphatic heterocycles. The number of hydrogen-bond acceptors (Lipinski definition) is 7. The second-order valence-corrected chi connectivity index (χ2v) is 9.70. The number of rotatable bonds is 8. The summed E-state index contributed by atoms with van der Waals surface area (Å²) in [6, 6.07) is 17.1. The van der Waals surface area contributed by atoms with Gasteiger partial charge in [-0.05, 0) is 67.4 Å². The number of hydrogen-bond donors (Lipinski definition) is 0. The van der Waals surface area contributed by atoms with Gasteiger partial charge in [0.05, 0.1) is 18.9 Å². The fourth-order valence-electron chi connectivity index (χ4n) is 4.92. The van der Waals surface area contributed by atoms with Gasteiger partial charge in [-0.2, -0.15) is 0 Å². The molecule has 3 heterocycles. The number of benzene rings is 2. The number of carbonyl (C=O) groups is 2. The molecule has 9 nitrogen and oxygen atoms in total. The van der Waals surface area contributed by atoms with Crippen LogP contribution in [0.2, 0.25) is 0 Å². The predicted molar refractivity (Wildman–Crippen MR) is 144 cm³/mol. The summed E-state index contributed by atoms with van der Waals surface area (Å²) in [7, 11) is 1.63. The van der Waals surface area contributed by atoms with Crippen LogP contribution in [0, 0.1) is 5.82 Å². The number of carbonyl (C=O) groups excluding carboxylic acids is 2. The Kier molecular flexibility index (Phi) is 8.31. The van der Waals surface area contributed by atoms with E-state index in [-0.39, 0.29) is 30.0 Å². The molecule has 2 fully saturated rings. The molecular formula is C29H32FN5O4. The lowest BCUT2D eigenvalue weighted by Gasteiger charge is -2.36. The van der Waals surface area contributed by atoms with Gasteiger partial charge in [0.1, 0.15) is 18.1 Å². The molecule has 2 saturated heterocycles. The molecule has 10 heteroatoms. The van der Waals surface area contributed by atoms with Crippen molar-refractivity contribution >= 4 is 17.6 Å². The van der Waals surface area contributed by atoms with E-state index in [2.05, 4.69) is 15.1 Å². The Balaban J connectivity index is 1.19. The van der Waals surface area contributed by atoms with Crippen molar-refractivity contribution in [3.8, 4) is 17.0 Å². The normalized spacial score (nSPS) is 17.2. The maximum absolute atomic E-state index is 13.8. The SMILES string of the molecule is COc1ccc(-c2ccc(N3CCN(C(=O)CN(CC4CCCO4)C(=O)c4cccc(F)c4)CC3)nn2)cc1. The summed E-state index contributed by atoms with van der Waals surface area (Å²) in [6.07, 6.45) is 1.64. The Labute approximate surface area is 227 Å². The first-order chi connectivity index (χ1) is 19.0. The number of halogens is 1. The van der Waals surface area contributed by atoms with Crippen LogP contribution >= 0.6 is 0 Å². The van der Waals surface area contributed by atoms with E-state index < -0.39 is 5.82 Å². The third-order valence-electron chi connectivity index (χ3n) is 7.13. The molecule has 0 spiro atoms. The molecule has 0 bridgehead atoms. The van der Waals surface area contributed by atoms with E-state index >= 15 is 0 Å². The Hall–Kier alpha value is -4.05. The van der Waals surface area contributed by atoms with E-state index in [9.17, 15) is 14.0 Å². The molecule has 3 aromatic rings. The molecule has 0 radical (unpaired) electrons. The van der Waals surface area contributed by atoms with Gasteiger partial charge in [-0.1, -0.05) is 6.07 Å². The van der Waals surface area contributed by atoms with Gasteiger partial charge in [-0.25, -0.2) is 4.39 Å². The molecule has 204 valence electrons. The van der Waals surface area contributed by atoms with Gasteiger partial charge in [0.25, 0.3) is 5.91 Å². The molecule has 2 aromatic carbocycles. The largest absolute Gasteiger partial charge is 0.497 e. The number of methoxy groups -OCH3 is 1. The van der Waals surface area contributed by atoms with Crippen LogP contribution in [0.5, 0.6) is 5.75 Å². The minimum Gasteiger partial charge on any atom is -0.497 e. The molecule has 2 amide bonds. The monoisotopic (exact) mass is 533 g/mol. The topological polar surface area (TPSA) is 88.1 Å². The van der Waals surface area contributed by atoms with Crippen LogP contribution in [-0.2, 0) is 9.53 Å². The lowest BCUT2D eigenvalue weighted by molar-refractivity contribution is -0.132. The van der Waals surface area contributed by atoms with E-state index in [4.69, 9.17) is 9.47 Å². The fraction of sp³-hybridized carbons (Fsp3) is 0.379. The van der Waals surface area contributed by atoms with Crippen LogP contribution in [0.1, 0.15) is 23.2 Å². The third-order valence-corrected chi connectivity index (χ3v) is 7.13. The highest BCUT2D eigenvalue weighted by Crippen LogP contribution is 2.22. The molecule has 0 saturated carbocycles. The summed E-state index contributed by atoms with van der Waals surface area (Å²) in [5.74, 6) is 0.535. The number of aromatic nitrogens is 2. The van der Waals surface area contributed by atoms with Crippen LogP contribution in [-0.4, -0.2) is 90.9 Å². The van der Waals surface area contributed by atoms with Crippen LogP contribution in [0.25, 0.3) is 11.3 Å². The molecule has 0 aliphatic carbocycles. The minimum absolute atomic E-state index is 0.0778. The van der Waals surface area contributed by atoms with Crippen molar-refractivity contribution < 1.29 is 23.5 Å². The second-order valence-electron chi connectivity index (χ2n) is 9.70. The number of nitrogens with zero attached hydrogens (tertiary/aromatic N) is 5. The number of piperazine rings is 1. The average Bonchev–Trinajstić information content (AvgIpc) is 3.50. The number of anilines is 1. The van der Waals surface area contributed by atoms with Crippen LogP contribution in [0.3, 0.4) is 0 Å². The molecule has 0 N–H and O–H groups in total. The van der Waals surface area contributed by atoms with Crippen LogP contribution in [0.15, 0.2) is 60.7 Å². The molecule has 2 aliphatic rings. The Morgan fingerprint density at radius 2 is 1.85 bits per heavy atom. The smallest absolute Gasteiger partial charge is 0.254 e. The zero-order chi connectivity index (χ0) is 27.2. The first-order valence-electron chi connectivity index (χ1n) is 13.2. The van der Waals surface area contributed by atoms with E-state index in [1.165, 1.54) is 23.1 Å². The Morgan fingerprint density at radius 1 is 1.05 bits per heavy atom. The molecule has 39 heavy (non-hydrogen) atoms. The summed E-state index contributed by atoms with van der Waals surface area (Å²) in [5.41, 5.74) is 1.94. The quantitative estimate of drug-likeness (QED) is 0.439. The van der Waals surface area contributed by atoms with Crippen molar-refractivity contribution in [3.63, 3.8) is 0 Å². The van der Waals surface area contributed by atoms with Crippen LogP contribution < -0.4 is 9.64 Å². The van der Waals surface area contributed by atoms with Gasteiger partial charge in [-0.15, -0.1) is 10.2 Å². The highest BCUT2D eigenvalue weighted by atomic mass is 19.1. The van der Waals surface area contributed by atoms with Gasteiger partial charge in [-0.3, -0.25) is 9.59 Å². The van der Waals surface area contributed by atoms with E-state index in [1.54, 1.807) is 18.1 Å². The van der Waals surface area contributed by atoms with E-state index in [0.717, 1.165) is 35.7 Å². The summed E-state index contributed by atoms with van der Waals surface area (Å²) in [4.78, 5) is 31.8. The summed E-state index contributed by atoms with van der Waals surface area (Å²) < 4.78 is 24.7. The molecular weight excluding hydrogens is 501 g/mol. The van der Waals surface area contributed by atoms with Crippen molar-refractivity contribution in [1.82, 2.24) is 20.0 Å². The van der Waals surface area contributed by atoms with Gasteiger partial charge in [0, 0.05) is 50.5 Å². The van der Waals surface area contributed by atoms with Gasteiger partial charge in [0.15, 0.2) is 5.82 Å². The predicted octanol–water partition coefficient (Wildman–Crippen LogP) is 3.26. The van der Waals surface area contributed by atoms with E-state index in [1.807, 2.05) is 36.4 Å². The average molecular weight is 534 g/mol. The zero-order valence-electron chi connectivity index (χ0n) is 22.0. The zero-order valence-corrected chi connectivity index (χ0v) is 22.0. The maximum Gasteiger partial charge on any atom is 0.254 e. The summed E-state index contributed by atoms with van der Waals surface area (Å²) in [5, 5.41) is 8.79.